The van der Waals surface area contributed by atoms with Gasteiger partial charge < -0.3 is 10.6 Å². The summed E-state index contributed by atoms with van der Waals surface area (Å²) in [4.78, 5) is 25.3. The third-order valence-electron chi connectivity index (χ3n) is 5.40. The van der Waals surface area contributed by atoms with Crippen LogP contribution in [0.1, 0.15) is 40.7 Å². The lowest BCUT2D eigenvalue weighted by molar-refractivity contribution is -0.386. The SMILES string of the molecule is Cc1nn(Cc2ccc(C(=O)N3CCC(C)(CN)C3)cc2)c(C)c1[N+](=O)[O-]. The average Bonchev–Trinajstić information content (AvgIpc) is 3.16. The Labute approximate surface area is 158 Å². The van der Waals surface area contributed by atoms with Crippen molar-refractivity contribution in [3.8, 4) is 0 Å². The first-order chi connectivity index (χ1) is 12.7. The molecule has 1 aliphatic heterocycles. The Hall–Kier alpha value is -2.74. The second kappa shape index (κ2) is 7.11. The van der Waals surface area contributed by atoms with Gasteiger partial charge in [-0.3, -0.25) is 19.6 Å². The summed E-state index contributed by atoms with van der Waals surface area (Å²) in [6, 6.07) is 7.34. The van der Waals surface area contributed by atoms with E-state index in [1.54, 1.807) is 30.7 Å². The van der Waals surface area contributed by atoms with Crippen molar-refractivity contribution in [1.29, 1.82) is 0 Å². The molecule has 0 radical (unpaired) electrons. The maximum absolute atomic E-state index is 12.7. The van der Waals surface area contributed by atoms with Gasteiger partial charge in [-0.15, -0.1) is 0 Å². The molecule has 8 heteroatoms. The van der Waals surface area contributed by atoms with Crippen LogP contribution in [0.25, 0.3) is 0 Å². The van der Waals surface area contributed by atoms with Crippen molar-refractivity contribution < 1.29 is 9.72 Å². The minimum absolute atomic E-state index is 0.000202. The molecule has 1 aromatic heterocycles. The number of amides is 1. The summed E-state index contributed by atoms with van der Waals surface area (Å²) < 4.78 is 1.62. The smallest absolute Gasteiger partial charge is 0.312 e. The van der Waals surface area contributed by atoms with Gasteiger partial charge in [-0.25, -0.2) is 0 Å². The number of aryl methyl sites for hydroxylation is 1. The molecule has 2 heterocycles. The van der Waals surface area contributed by atoms with Crippen molar-refractivity contribution in [1.82, 2.24) is 14.7 Å². The first kappa shape index (κ1) is 19.0. The Morgan fingerprint density at radius 3 is 2.52 bits per heavy atom. The Kier molecular flexibility index (Phi) is 5.01. The summed E-state index contributed by atoms with van der Waals surface area (Å²) in [5.41, 5.74) is 8.37. The van der Waals surface area contributed by atoms with Crippen LogP contribution in [0, 0.1) is 29.4 Å². The van der Waals surface area contributed by atoms with Gasteiger partial charge in [0.2, 0.25) is 0 Å². The number of likely N-dealkylation sites (tertiary alicyclic amines) is 1. The summed E-state index contributed by atoms with van der Waals surface area (Å²) in [5, 5.41) is 15.4. The molecule has 1 amide bonds. The Morgan fingerprint density at radius 1 is 1.33 bits per heavy atom. The first-order valence-corrected chi connectivity index (χ1v) is 9.01. The minimum Gasteiger partial charge on any atom is -0.338 e. The normalized spacial score (nSPS) is 19.5. The van der Waals surface area contributed by atoms with Crippen molar-refractivity contribution in [3.05, 3.63) is 56.9 Å². The van der Waals surface area contributed by atoms with Crippen molar-refractivity contribution in [3.63, 3.8) is 0 Å². The average molecular weight is 371 g/mol. The van der Waals surface area contributed by atoms with Crippen molar-refractivity contribution in [2.45, 2.75) is 33.7 Å². The first-order valence-electron chi connectivity index (χ1n) is 9.01. The lowest BCUT2D eigenvalue weighted by Crippen LogP contribution is -2.34. The molecule has 2 aromatic rings. The van der Waals surface area contributed by atoms with E-state index in [2.05, 4.69) is 12.0 Å². The summed E-state index contributed by atoms with van der Waals surface area (Å²) >= 11 is 0. The highest BCUT2D eigenvalue weighted by atomic mass is 16.6. The largest absolute Gasteiger partial charge is 0.338 e. The standard InChI is InChI=1S/C19H25N5O3/c1-13-17(24(26)27)14(2)23(21-13)10-15-4-6-16(7-5-15)18(25)22-9-8-19(3,11-20)12-22/h4-7H,8-12,20H2,1-3H3. The molecule has 1 fully saturated rings. The van der Waals surface area contributed by atoms with Gasteiger partial charge in [-0.05, 0) is 49.9 Å². The molecule has 1 atom stereocenters. The molecule has 1 aliphatic rings. The monoisotopic (exact) mass is 371 g/mol. The van der Waals surface area contributed by atoms with Crippen LogP contribution in [0.5, 0.6) is 0 Å². The van der Waals surface area contributed by atoms with E-state index >= 15 is 0 Å². The zero-order valence-corrected chi connectivity index (χ0v) is 15.9. The molecule has 3 rings (SSSR count). The molecule has 0 spiro atoms. The lowest BCUT2D eigenvalue weighted by atomic mass is 9.90. The van der Waals surface area contributed by atoms with Crippen LogP contribution < -0.4 is 5.73 Å². The fourth-order valence-corrected chi connectivity index (χ4v) is 3.58. The molecule has 2 N–H and O–H groups in total. The van der Waals surface area contributed by atoms with Gasteiger partial charge in [0.1, 0.15) is 11.4 Å². The van der Waals surface area contributed by atoms with E-state index in [1.165, 1.54) is 0 Å². The van der Waals surface area contributed by atoms with Crippen LogP contribution in [-0.2, 0) is 6.54 Å². The van der Waals surface area contributed by atoms with Gasteiger partial charge in [-0.2, -0.15) is 5.10 Å². The number of hydrogen-bond donors (Lipinski definition) is 1. The van der Waals surface area contributed by atoms with E-state index in [0.29, 0.717) is 36.6 Å². The number of nitro groups is 1. The summed E-state index contributed by atoms with van der Waals surface area (Å²) in [6.45, 7) is 7.83. The molecule has 0 saturated carbocycles. The van der Waals surface area contributed by atoms with Crippen LogP contribution in [0.2, 0.25) is 0 Å². The molecule has 1 aromatic carbocycles. The molecule has 27 heavy (non-hydrogen) atoms. The van der Waals surface area contributed by atoms with Gasteiger partial charge in [0, 0.05) is 18.7 Å². The van der Waals surface area contributed by atoms with Crippen molar-refractivity contribution >= 4 is 11.6 Å². The number of carbonyl (C=O) groups excluding carboxylic acids is 1. The quantitative estimate of drug-likeness (QED) is 0.641. The van der Waals surface area contributed by atoms with Crippen LogP contribution >= 0.6 is 0 Å². The van der Waals surface area contributed by atoms with E-state index in [0.717, 1.165) is 18.5 Å². The number of aromatic nitrogens is 2. The van der Waals surface area contributed by atoms with Crippen molar-refractivity contribution in [2.24, 2.45) is 11.1 Å². The Bertz CT molecular complexity index is 874. The topological polar surface area (TPSA) is 107 Å². The maximum atomic E-state index is 12.7. The fourth-order valence-electron chi connectivity index (χ4n) is 3.58. The molecule has 144 valence electrons. The van der Waals surface area contributed by atoms with Gasteiger partial charge in [-0.1, -0.05) is 19.1 Å². The molecular formula is C19H25N5O3. The van der Waals surface area contributed by atoms with Gasteiger partial charge in [0.15, 0.2) is 0 Å². The third-order valence-corrected chi connectivity index (χ3v) is 5.40. The number of carbonyl (C=O) groups is 1. The number of hydrogen-bond acceptors (Lipinski definition) is 5. The maximum Gasteiger partial charge on any atom is 0.312 e. The fraction of sp³-hybridized carbons (Fsp3) is 0.474. The molecular weight excluding hydrogens is 346 g/mol. The van der Waals surface area contributed by atoms with Crippen LogP contribution in [0.3, 0.4) is 0 Å². The highest BCUT2D eigenvalue weighted by Crippen LogP contribution is 2.29. The number of nitrogens with two attached hydrogens (primary N) is 1. The van der Waals surface area contributed by atoms with E-state index in [1.807, 2.05) is 17.0 Å². The molecule has 1 unspecified atom stereocenters. The van der Waals surface area contributed by atoms with Crippen LogP contribution in [0.4, 0.5) is 5.69 Å². The van der Waals surface area contributed by atoms with E-state index in [9.17, 15) is 14.9 Å². The van der Waals surface area contributed by atoms with Crippen LogP contribution in [-0.4, -0.2) is 45.1 Å². The highest BCUT2D eigenvalue weighted by molar-refractivity contribution is 5.94. The van der Waals surface area contributed by atoms with E-state index in [4.69, 9.17) is 5.73 Å². The van der Waals surface area contributed by atoms with Crippen molar-refractivity contribution in [2.75, 3.05) is 19.6 Å². The predicted molar refractivity (Wildman–Crippen MR) is 102 cm³/mol. The number of benzene rings is 1. The van der Waals surface area contributed by atoms with E-state index in [-0.39, 0.29) is 17.0 Å². The second-order valence-electron chi connectivity index (χ2n) is 7.62. The third kappa shape index (κ3) is 3.71. The molecule has 1 saturated heterocycles. The zero-order valence-electron chi connectivity index (χ0n) is 15.9. The minimum atomic E-state index is -0.402. The number of rotatable bonds is 5. The van der Waals surface area contributed by atoms with Gasteiger partial charge >= 0.3 is 5.69 Å². The Balaban J connectivity index is 1.72. The molecule has 0 aliphatic carbocycles. The van der Waals surface area contributed by atoms with E-state index < -0.39 is 4.92 Å². The summed E-state index contributed by atoms with van der Waals surface area (Å²) in [5.74, 6) is 0.0143. The van der Waals surface area contributed by atoms with Gasteiger partial charge in [0.25, 0.3) is 5.91 Å². The summed E-state index contributed by atoms with van der Waals surface area (Å²) in [7, 11) is 0. The summed E-state index contributed by atoms with van der Waals surface area (Å²) in [6.07, 6.45) is 0.921. The lowest BCUT2D eigenvalue weighted by Gasteiger charge is -2.22. The molecule has 8 nitrogen and oxygen atoms in total. The van der Waals surface area contributed by atoms with Gasteiger partial charge in [0.05, 0.1) is 11.5 Å². The number of nitrogens with zero attached hydrogens (tertiary/aromatic N) is 4. The predicted octanol–water partition coefficient (Wildman–Crippen LogP) is 2.27. The second-order valence-corrected chi connectivity index (χ2v) is 7.62. The molecule has 0 bridgehead atoms. The van der Waals surface area contributed by atoms with Crippen LogP contribution in [0.15, 0.2) is 24.3 Å². The Morgan fingerprint density at radius 2 is 2.00 bits per heavy atom. The highest BCUT2D eigenvalue weighted by Gasteiger charge is 2.35. The zero-order chi connectivity index (χ0) is 19.8.